The lowest BCUT2D eigenvalue weighted by Crippen LogP contribution is -2.42. The first-order valence-electron chi connectivity index (χ1n) is 9.70. The Morgan fingerprint density at radius 2 is 1.93 bits per heavy atom. The maximum atomic E-state index is 12.6. The van der Waals surface area contributed by atoms with Gasteiger partial charge < -0.3 is 19.5 Å². The topological polar surface area (TPSA) is 60.0 Å². The van der Waals surface area contributed by atoms with Gasteiger partial charge in [-0.2, -0.15) is 0 Å². The molecule has 1 aliphatic heterocycles. The fourth-order valence-electron chi connectivity index (χ4n) is 3.51. The monoisotopic (exact) mass is 418 g/mol. The number of rotatable bonds is 8. The van der Waals surface area contributed by atoms with Crippen LogP contribution in [0.5, 0.6) is 17.2 Å². The zero-order chi connectivity index (χ0) is 20.6. The Morgan fingerprint density at radius 1 is 1.17 bits per heavy atom. The van der Waals surface area contributed by atoms with Crippen molar-refractivity contribution in [3.63, 3.8) is 0 Å². The van der Waals surface area contributed by atoms with Gasteiger partial charge in [-0.05, 0) is 37.6 Å². The van der Waals surface area contributed by atoms with E-state index in [0.29, 0.717) is 41.3 Å². The third-order valence-electron chi connectivity index (χ3n) is 4.95. The van der Waals surface area contributed by atoms with Gasteiger partial charge in [-0.15, -0.1) is 0 Å². The fourth-order valence-corrected chi connectivity index (χ4v) is 3.75. The van der Waals surface area contributed by atoms with E-state index in [4.69, 9.17) is 25.8 Å². The second kappa shape index (κ2) is 10.4. The summed E-state index contributed by atoms with van der Waals surface area (Å²) in [4.78, 5) is 14.7. The minimum absolute atomic E-state index is 0.103. The van der Waals surface area contributed by atoms with Crippen LogP contribution in [-0.2, 0) is 4.79 Å². The van der Waals surface area contributed by atoms with E-state index in [-0.39, 0.29) is 5.91 Å². The lowest BCUT2D eigenvalue weighted by atomic mass is 9.99. The fraction of sp³-hybridized carbons (Fsp3) is 0.409. The summed E-state index contributed by atoms with van der Waals surface area (Å²) < 4.78 is 16.4. The van der Waals surface area contributed by atoms with Crippen molar-refractivity contribution in [1.29, 1.82) is 0 Å². The highest BCUT2D eigenvalue weighted by Gasteiger charge is 2.23. The first kappa shape index (κ1) is 21.3. The number of carbonyl (C=O) groups is 1. The van der Waals surface area contributed by atoms with Crippen LogP contribution in [0.4, 0.5) is 5.69 Å². The maximum absolute atomic E-state index is 12.6. The molecule has 1 unspecified atom stereocenters. The molecule has 156 valence electrons. The Labute approximate surface area is 176 Å². The van der Waals surface area contributed by atoms with Crippen molar-refractivity contribution < 1.29 is 19.0 Å². The average Bonchev–Trinajstić information content (AvgIpc) is 2.73. The van der Waals surface area contributed by atoms with E-state index in [2.05, 4.69) is 10.2 Å². The average molecular weight is 419 g/mol. The van der Waals surface area contributed by atoms with Crippen molar-refractivity contribution in [3.8, 4) is 17.2 Å². The number of carbonyl (C=O) groups excluding carboxylic acids is 1. The number of amides is 1. The molecule has 0 aromatic heterocycles. The minimum Gasteiger partial charge on any atom is -0.495 e. The lowest BCUT2D eigenvalue weighted by molar-refractivity contribution is -0.117. The van der Waals surface area contributed by atoms with Crippen LogP contribution in [0.3, 0.4) is 0 Å². The molecule has 7 heteroatoms. The smallest absolute Gasteiger partial charge is 0.238 e. The van der Waals surface area contributed by atoms with Gasteiger partial charge in [0.2, 0.25) is 5.91 Å². The predicted molar refractivity (Wildman–Crippen MR) is 114 cm³/mol. The summed E-state index contributed by atoms with van der Waals surface area (Å²) in [6.07, 6.45) is 2.15. The Hall–Kier alpha value is -2.44. The van der Waals surface area contributed by atoms with Crippen molar-refractivity contribution in [2.45, 2.75) is 12.8 Å². The first-order valence-corrected chi connectivity index (χ1v) is 10.1. The molecule has 1 fully saturated rings. The molecule has 0 saturated carbocycles. The summed E-state index contributed by atoms with van der Waals surface area (Å²) in [6, 6.07) is 13.1. The zero-order valence-corrected chi connectivity index (χ0v) is 17.6. The number of hydrogen-bond acceptors (Lipinski definition) is 5. The molecular formula is C22H27ClN2O4. The Bertz CT molecular complexity index is 816. The molecule has 3 rings (SSSR count). The Morgan fingerprint density at radius 3 is 2.66 bits per heavy atom. The number of para-hydroxylation sites is 1. The highest BCUT2D eigenvalue weighted by molar-refractivity contribution is 6.32. The zero-order valence-electron chi connectivity index (χ0n) is 16.8. The number of halogens is 1. The first-order chi connectivity index (χ1) is 14.1. The van der Waals surface area contributed by atoms with Crippen molar-refractivity contribution in [1.82, 2.24) is 4.90 Å². The highest BCUT2D eigenvalue weighted by atomic mass is 35.5. The second-order valence-corrected chi connectivity index (χ2v) is 7.51. The van der Waals surface area contributed by atoms with E-state index < -0.39 is 0 Å². The number of nitrogens with zero attached hydrogens (tertiary/aromatic N) is 1. The van der Waals surface area contributed by atoms with Crippen molar-refractivity contribution in [2.24, 2.45) is 5.92 Å². The summed E-state index contributed by atoms with van der Waals surface area (Å²) >= 11 is 6.18. The summed E-state index contributed by atoms with van der Waals surface area (Å²) in [5.74, 6) is 2.19. The number of piperidine rings is 1. The van der Waals surface area contributed by atoms with Crippen molar-refractivity contribution in [2.75, 3.05) is 45.8 Å². The molecule has 0 radical (unpaired) electrons. The summed E-state index contributed by atoms with van der Waals surface area (Å²) in [7, 11) is 3.08. The summed E-state index contributed by atoms with van der Waals surface area (Å²) in [5, 5.41) is 3.31. The van der Waals surface area contributed by atoms with Gasteiger partial charge in [0.15, 0.2) is 0 Å². The molecule has 6 nitrogen and oxygen atoms in total. The van der Waals surface area contributed by atoms with E-state index in [0.717, 1.165) is 31.7 Å². The largest absolute Gasteiger partial charge is 0.495 e. The van der Waals surface area contributed by atoms with Gasteiger partial charge in [0.05, 0.1) is 38.1 Å². The SMILES string of the molecule is COc1cc(OC)c(NC(=O)CN2CCCC(COc3ccccc3)C2)cc1Cl. The van der Waals surface area contributed by atoms with E-state index in [1.165, 1.54) is 7.11 Å². The van der Waals surface area contributed by atoms with Gasteiger partial charge in [0.1, 0.15) is 17.2 Å². The predicted octanol–water partition coefficient (Wildman–Crippen LogP) is 4.09. The molecule has 1 amide bonds. The number of ether oxygens (including phenoxy) is 3. The highest BCUT2D eigenvalue weighted by Crippen LogP contribution is 2.35. The normalized spacial score (nSPS) is 16.9. The van der Waals surface area contributed by atoms with Gasteiger partial charge in [0.25, 0.3) is 0 Å². The van der Waals surface area contributed by atoms with Crippen molar-refractivity contribution in [3.05, 3.63) is 47.5 Å². The van der Waals surface area contributed by atoms with Crippen molar-refractivity contribution >= 4 is 23.2 Å². The lowest BCUT2D eigenvalue weighted by Gasteiger charge is -2.32. The molecule has 1 N–H and O–H groups in total. The molecule has 0 aliphatic carbocycles. The van der Waals surface area contributed by atoms with Crippen LogP contribution in [0.2, 0.25) is 5.02 Å². The van der Waals surface area contributed by atoms with Gasteiger partial charge in [0, 0.05) is 18.5 Å². The van der Waals surface area contributed by atoms with Gasteiger partial charge in [-0.1, -0.05) is 29.8 Å². The molecule has 2 aromatic carbocycles. The van der Waals surface area contributed by atoms with Crippen LogP contribution in [0, 0.1) is 5.92 Å². The standard InChI is InChI=1S/C22H27ClN2O4/c1-27-20-12-21(28-2)19(11-18(20)23)24-22(26)14-25-10-6-7-16(13-25)15-29-17-8-4-3-5-9-17/h3-5,8-9,11-12,16H,6-7,10,13-15H2,1-2H3,(H,24,26). The molecule has 29 heavy (non-hydrogen) atoms. The third kappa shape index (κ3) is 6.02. The number of benzene rings is 2. The number of methoxy groups -OCH3 is 2. The maximum Gasteiger partial charge on any atom is 0.238 e. The van der Waals surface area contributed by atoms with E-state index in [1.807, 2.05) is 30.3 Å². The number of nitrogens with one attached hydrogen (secondary N) is 1. The number of likely N-dealkylation sites (tertiary alicyclic amines) is 1. The number of anilines is 1. The quantitative estimate of drug-likeness (QED) is 0.699. The molecule has 1 aliphatic rings. The Balaban J connectivity index is 1.53. The van der Waals surface area contributed by atoms with Gasteiger partial charge in [-0.25, -0.2) is 0 Å². The van der Waals surface area contributed by atoms with E-state index >= 15 is 0 Å². The van der Waals surface area contributed by atoms with Crippen LogP contribution in [0.1, 0.15) is 12.8 Å². The summed E-state index contributed by atoms with van der Waals surface area (Å²) in [5.41, 5.74) is 0.532. The molecular weight excluding hydrogens is 392 g/mol. The summed E-state index contributed by atoms with van der Waals surface area (Å²) in [6.45, 7) is 2.70. The van der Waals surface area contributed by atoms with E-state index in [1.54, 1.807) is 19.2 Å². The van der Waals surface area contributed by atoms with Crippen LogP contribution in [0.25, 0.3) is 0 Å². The molecule has 0 spiro atoms. The molecule has 2 aromatic rings. The van der Waals surface area contributed by atoms with E-state index in [9.17, 15) is 4.79 Å². The molecule has 1 heterocycles. The second-order valence-electron chi connectivity index (χ2n) is 7.10. The van der Waals surface area contributed by atoms with Crippen LogP contribution < -0.4 is 19.5 Å². The van der Waals surface area contributed by atoms with Crippen LogP contribution in [0.15, 0.2) is 42.5 Å². The molecule has 0 bridgehead atoms. The minimum atomic E-state index is -0.103. The number of hydrogen-bond donors (Lipinski definition) is 1. The van der Waals surface area contributed by atoms with Gasteiger partial charge >= 0.3 is 0 Å². The molecule has 1 saturated heterocycles. The van der Waals surface area contributed by atoms with Gasteiger partial charge in [-0.3, -0.25) is 9.69 Å². The van der Waals surface area contributed by atoms with Crippen LogP contribution >= 0.6 is 11.6 Å². The third-order valence-corrected chi connectivity index (χ3v) is 5.24. The van der Waals surface area contributed by atoms with Crippen LogP contribution in [-0.4, -0.2) is 51.3 Å². The molecule has 1 atom stereocenters. The Kier molecular flexibility index (Phi) is 7.61.